The highest BCUT2D eigenvalue weighted by Crippen LogP contribution is 2.38. The highest BCUT2D eigenvalue weighted by Gasteiger charge is 2.33. The van der Waals surface area contributed by atoms with Gasteiger partial charge in [-0.15, -0.1) is 11.3 Å². The summed E-state index contributed by atoms with van der Waals surface area (Å²) in [5.41, 5.74) is 2.93. The van der Waals surface area contributed by atoms with E-state index in [-0.39, 0.29) is 12.5 Å². The first kappa shape index (κ1) is 21.0. The Morgan fingerprint density at radius 1 is 1.14 bits per heavy atom. The Morgan fingerprint density at radius 2 is 1.79 bits per heavy atom. The van der Waals surface area contributed by atoms with Crippen molar-refractivity contribution in [3.63, 3.8) is 0 Å². The van der Waals surface area contributed by atoms with Gasteiger partial charge in [-0.2, -0.15) is 0 Å². The van der Waals surface area contributed by atoms with E-state index < -0.39 is 23.8 Å². The van der Waals surface area contributed by atoms with E-state index >= 15 is 0 Å². The van der Waals surface area contributed by atoms with Gasteiger partial charge < -0.3 is 20.0 Å². The summed E-state index contributed by atoms with van der Waals surface area (Å²) in [6.45, 7) is 3.92. The molecule has 1 aromatic heterocycles. The molecular weight excluding hydrogens is 390 g/mol. The van der Waals surface area contributed by atoms with Gasteiger partial charge in [-0.1, -0.05) is 42.7 Å². The minimum Gasteiger partial charge on any atom is -0.550 e. The third-order valence-corrected chi connectivity index (χ3v) is 6.17. The molecule has 1 heterocycles. The van der Waals surface area contributed by atoms with Crippen LogP contribution in [0.25, 0.3) is 11.1 Å². The van der Waals surface area contributed by atoms with Crippen LogP contribution in [0.3, 0.4) is 0 Å². The van der Waals surface area contributed by atoms with Crippen molar-refractivity contribution in [1.29, 1.82) is 0 Å². The van der Waals surface area contributed by atoms with E-state index in [1.807, 2.05) is 36.6 Å². The molecule has 0 unspecified atom stereocenters. The van der Waals surface area contributed by atoms with Crippen molar-refractivity contribution >= 4 is 34.2 Å². The first-order valence-electron chi connectivity index (χ1n) is 9.79. The Morgan fingerprint density at radius 3 is 2.41 bits per heavy atom. The van der Waals surface area contributed by atoms with Crippen LogP contribution >= 0.6 is 11.3 Å². The quantitative estimate of drug-likeness (QED) is 0.731. The minimum atomic E-state index is -1.19. The zero-order valence-electron chi connectivity index (χ0n) is 16.5. The maximum atomic E-state index is 12.9. The molecule has 0 bridgehead atoms. The van der Waals surface area contributed by atoms with Crippen LogP contribution in [0.15, 0.2) is 29.6 Å². The van der Waals surface area contributed by atoms with Crippen LogP contribution in [0.5, 0.6) is 0 Å². The number of hydrogen-bond acceptors (Lipinski definition) is 6. The predicted molar refractivity (Wildman–Crippen MR) is 110 cm³/mol. The average molecular weight is 415 g/mol. The summed E-state index contributed by atoms with van der Waals surface area (Å²) in [6.07, 6.45) is 2.50. The first-order valence-corrected chi connectivity index (χ1v) is 10.7. The molecule has 1 amide bonds. The number of carbonyl (C=O) groups excluding carboxylic acids is 3. The van der Waals surface area contributed by atoms with Gasteiger partial charge in [0.15, 0.2) is 0 Å². The van der Waals surface area contributed by atoms with Crippen LogP contribution < -0.4 is 10.4 Å². The normalized spacial score (nSPS) is 18.8. The Balaban J connectivity index is 1.92. The predicted octanol–water partition coefficient (Wildman–Crippen LogP) is 3.40. The van der Waals surface area contributed by atoms with Crippen LogP contribution in [0.4, 0.5) is 5.00 Å². The highest BCUT2D eigenvalue weighted by atomic mass is 32.1. The van der Waals surface area contributed by atoms with Gasteiger partial charge in [-0.05, 0) is 32.3 Å². The summed E-state index contributed by atoms with van der Waals surface area (Å²) < 4.78 is 5.21. The molecule has 1 saturated carbocycles. The number of ether oxygens (including phenoxy) is 1. The van der Waals surface area contributed by atoms with Gasteiger partial charge in [0.1, 0.15) is 10.6 Å². The molecule has 0 radical (unpaired) electrons. The molecule has 2 atom stereocenters. The van der Waals surface area contributed by atoms with Gasteiger partial charge >= 0.3 is 5.97 Å². The molecule has 29 heavy (non-hydrogen) atoms. The summed E-state index contributed by atoms with van der Waals surface area (Å²) in [5, 5.41) is 16.4. The van der Waals surface area contributed by atoms with Crippen molar-refractivity contribution < 1.29 is 24.2 Å². The smallest absolute Gasteiger partial charge is 0.341 e. The maximum absolute atomic E-state index is 12.9. The lowest BCUT2D eigenvalue weighted by Gasteiger charge is -2.31. The number of carboxylic acids is 1. The van der Waals surface area contributed by atoms with Crippen molar-refractivity contribution in [2.75, 3.05) is 11.9 Å². The molecule has 3 rings (SSSR count). The third-order valence-electron chi connectivity index (χ3n) is 5.28. The van der Waals surface area contributed by atoms with Gasteiger partial charge in [0.25, 0.3) is 0 Å². The standard InChI is InChI=1S/C22H25NO5S/c1-3-28-22(27)18-17(14-10-8-13(2)9-11-14)12-29-20(18)23-19(24)15-6-4-5-7-16(15)21(25)26/h8-12,15-16H,3-7H2,1-2H3,(H,23,24)(H,25,26)/p-1/t15-,16+/m0/s1. The fourth-order valence-corrected chi connectivity index (χ4v) is 4.69. The molecule has 6 nitrogen and oxygen atoms in total. The van der Waals surface area contributed by atoms with Gasteiger partial charge in [-0.25, -0.2) is 4.79 Å². The van der Waals surface area contributed by atoms with Gasteiger partial charge in [-0.3, -0.25) is 4.79 Å². The third kappa shape index (κ3) is 4.67. The van der Waals surface area contributed by atoms with Gasteiger partial charge in [0, 0.05) is 28.7 Å². The Labute approximate surface area is 173 Å². The molecule has 1 N–H and O–H groups in total. The molecule has 0 aliphatic heterocycles. The monoisotopic (exact) mass is 414 g/mol. The summed E-state index contributed by atoms with van der Waals surface area (Å²) in [5.74, 6) is -3.55. The number of aliphatic carboxylic acids is 1. The molecule has 0 spiro atoms. The number of thiophene rings is 1. The lowest BCUT2D eigenvalue weighted by Crippen LogP contribution is -2.42. The second kappa shape index (κ2) is 9.22. The minimum absolute atomic E-state index is 0.213. The number of aryl methyl sites for hydroxylation is 1. The molecule has 7 heteroatoms. The highest BCUT2D eigenvalue weighted by molar-refractivity contribution is 7.15. The SMILES string of the molecule is CCOC(=O)c1c(-c2ccc(C)cc2)csc1NC(=O)[C@H]1CCCC[C@H]1C(=O)[O-]. The van der Waals surface area contributed by atoms with E-state index in [1.165, 1.54) is 11.3 Å². The fraction of sp³-hybridized carbons (Fsp3) is 0.409. The topological polar surface area (TPSA) is 95.5 Å². The summed E-state index contributed by atoms with van der Waals surface area (Å²) in [4.78, 5) is 36.9. The molecule has 1 fully saturated rings. The van der Waals surface area contributed by atoms with Crippen LogP contribution in [-0.4, -0.2) is 24.5 Å². The number of esters is 1. The van der Waals surface area contributed by atoms with Crippen molar-refractivity contribution in [2.24, 2.45) is 11.8 Å². The first-order chi connectivity index (χ1) is 13.9. The van der Waals surface area contributed by atoms with Gasteiger partial charge in [0.05, 0.1) is 6.61 Å². The summed E-state index contributed by atoms with van der Waals surface area (Å²) in [6, 6.07) is 7.73. The van der Waals surface area contributed by atoms with Crippen molar-refractivity contribution in [1.82, 2.24) is 0 Å². The lowest BCUT2D eigenvalue weighted by molar-refractivity contribution is -0.313. The van der Waals surface area contributed by atoms with Crippen LogP contribution in [0, 0.1) is 18.8 Å². The van der Waals surface area contributed by atoms with Crippen molar-refractivity contribution in [2.45, 2.75) is 39.5 Å². The van der Waals surface area contributed by atoms with Crippen LogP contribution in [-0.2, 0) is 14.3 Å². The molecule has 1 aliphatic rings. The maximum Gasteiger partial charge on any atom is 0.341 e. The number of benzene rings is 1. The molecule has 1 aliphatic carbocycles. The number of amides is 1. The van der Waals surface area contributed by atoms with Crippen LogP contribution in [0.1, 0.15) is 48.5 Å². The van der Waals surface area contributed by atoms with E-state index in [9.17, 15) is 19.5 Å². The largest absolute Gasteiger partial charge is 0.550 e. The number of hydrogen-bond donors (Lipinski definition) is 1. The molecule has 154 valence electrons. The number of carboxylic acid groups (broad SMARTS) is 1. The lowest BCUT2D eigenvalue weighted by atomic mass is 9.79. The van der Waals surface area contributed by atoms with E-state index in [2.05, 4.69) is 5.32 Å². The van der Waals surface area contributed by atoms with E-state index in [4.69, 9.17) is 4.74 Å². The second-order valence-corrected chi connectivity index (χ2v) is 8.13. The number of anilines is 1. The van der Waals surface area contributed by atoms with Gasteiger partial charge in [0.2, 0.25) is 5.91 Å². The Kier molecular flexibility index (Phi) is 6.69. The fourth-order valence-electron chi connectivity index (χ4n) is 3.73. The van der Waals surface area contributed by atoms with E-state index in [0.29, 0.717) is 29.0 Å². The molecule has 0 saturated heterocycles. The number of nitrogens with one attached hydrogen (secondary N) is 1. The summed E-state index contributed by atoms with van der Waals surface area (Å²) >= 11 is 1.24. The van der Waals surface area contributed by atoms with Crippen LogP contribution in [0.2, 0.25) is 0 Å². The summed E-state index contributed by atoms with van der Waals surface area (Å²) in [7, 11) is 0. The zero-order valence-corrected chi connectivity index (χ0v) is 17.3. The Bertz CT molecular complexity index is 902. The van der Waals surface area contributed by atoms with E-state index in [1.54, 1.807) is 6.92 Å². The zero-order chi connectivity index (χ0) is 21.0. The number of rotatable bonds is 6. The molecule has 1 aromatic carbocycles. The average Bonchev–Trinajstić information content (AvgIpc) is 3.12. The van der Waals surface area contributed by atoms with E-state index in [0.717, 1.165) is 24.0 Å². The molecular formula is C22H24NO5S-. The molecule has 2 aromatic rings. The Hall–Kier alpha value is -2.67. The van der Waals surface area contributed by atoms with Crippen molar-refractivity contribution in [3.05, 3.63) is 40.8 Å². The van der Waals surface area contributed by atoms with Crippen molar-refractivity contribution in [3.8, 4) is 11.1 Å². The number of carbonyl (C=O) groups is 3. The second-order valence-electron chi connectivity index (χ2n) is 7.25.